The molecule has 1 aromatic heterocycles. The minimum atomic E-state index is -0.416. The summed E-state index contributed by atoms with van der Waals surface area (Å²) in [7, 11) is 1.34. The van der Waals surface area contributed by atoms with E-state index in [1.54, 1.807) is 13.0 Å². The maximum atomic E-state index is 12.2. The summed E-state index contributed by atoms with van der Waals surface area (Å²) in [4.78, 5) is 23.7. The van der Waals surface area contributed by atoms with E-state index >= 15 is 0 Å². The predicted molar refractivity (Wildman–Crippen MR) is 100 cm³/mol. The van der Waals surface area contributed by atoms with E-state index in [0.717, 1.165) is 16.8 Å². The highest BCUT2D eigenvalue weighted by Gasteiger charge is 2.15. The van der Waals surface area contributed by atoms with Gasteiger partial charge in [0, 0.05) is 5.69 Å². The van der Waals surface area contributed by atoms with Crippen molar-refractivity contribution in [1.29, 1.82) is 0 Å². The third-order valence-corrected chi connectivity index (χ3v) is 4.75. The van der Waals surface area contributed by atoms with Crippen molar-refractivity contribution in [3.05, 3.63) is 52.0 Å². The van der Waals surface area contributed by atoms with Gasteiger partial charge in [-0.3, -0.25) is 4.79 Å². The van der Waals surface area contributed by atoms with Gasteiger partial charge >= 0.3 is 5.97 Å². The highest BCUT2D eigenvalue weighted by Crippen LogP contribution is 2.23. The number of thioether (sulfide) groups is 1. The van der Waals surface area contributed by atoms with Gasteiger partial charge in [0.2, 0.25) is 5.91 Å². The molecule has 0 aliphatic rings. The van der Waals surface area contributed by atoms with Crippen LogP contribution in [0.15, 0.2) is 22.6 Å². The fourth-order valence-corrected chi connectivity index (χ4v) is 3.43. The summed E-state index contributed by atoms with van der Waals surface area (Å²) in [5.41, 5.74) is 4.59. The molecule has 0 saturated heterocycles. The third-order valence-electron chi connectivity index (χ3n) is 3.79. The van der Waals surface area contributed by atoms with Crippen molar-refractivity contribution < 1.29 is 18.7 Å². The first-order chi connectivity index (χ1) is 11.8. The Balaban J connectivity index is 1.90. The second kappa shape index (κ2) is 8.25. The van der Waals surface area contributed by atoms with Crippen LogP contribution < -0.4 is 5.32 Å². The van der Waals surface area contributed by atoms with Gasteiger partial charge < -0.3 is 14.5 Å². The number of carbonyl (C=O) groups excluding carboxylic acids is 2. The number of methoxy groups -OCH3 is 1. The smallest absolute Gasteiger partial charge is 0.341 e. The number of rotatable bonds is 6. The van der Waals surface area contributed by atoms with Gasteiger partial charge in [0.15, 0.2) is 0 Å². The number of ether oxygens (including phenoxy) is 1. The highest BCUT2D eigenvalue weighted by molar-refractivity contribution is 7.99. The highest BCUT2D eigenvalue weighted by atomic mass is 32.2. The number of amides is 1. The Morgan fingerprint density at radius 3 is 2.36 bits per heavy atom. The molecule has 0 unspecified atom stereocenters. The van der Waals surface area contributed by atoms with Crippen LogP contribution in [0.2, 0.25) is 0 Å². The van der Waals surface area contributed by atoms with Crippen molar-refractivity contribution in [1.82, 2.24) is 0 Å². The number of benzene rings is 1. The maximum absolute atomic E-state index is 12.2. The van der Waals surface area contributed by atoms with Crippen molar-refractivity contribution in [3.63, 3.8) is 0 Å². The minimum absolute atomic E-state index is 0.0588. The van der Waals surface area contributed by atoms with Crippen LogP contribution in [0.4, 0.5) is 5.69 Å². The first-order valence-corrected chi connectivity index (χ1v) is 9.10. The number of esters is 1. The van der Waals surface area contributed by atoms with Gasteiger partial charge in [0.05, 0.1) is 18.6 Å². The topological polar surface area (TPSA) is 68.5 Å². The Hall–Kier alpha value is -2.21. The fourth-order valence-electron chi connectivity index (χ4n) is 2.72. The van der Waals surface area contributed by atoms with Gasteiger partial charge in [0.1, 0.15) is 17.1 Å². The Labute approximate surface area is 152 Å². The van der Waals surface area contributed by atoms with E-state index in [0.29, 0.717) is 28.6 Å². The summed E-state index contributed by atoms with van der Waals surface area (Å²) in [6, 6.07) is 5.77. The number of carbonyl (C=O) groups is 2. The summed E-state index contributed by atoms with van der Waals surface area (Å²) >= 11 is 1.43. The average Bonchev–Trinajstić information content (AvgIpc) is 2.91. The van der Waals surface area contributed by atoms with Gasteiger partial charge in [-0.25, -0.2) is 4.79 Å². The number of aryl methyl sites for hydroxylation is 4. The van der Waals surface area contributed by atoms with Crippen LogP contribution in [-0.2, 0) is 15.3 Å². The van der Waals surface area contributed by atoms with Crippen molar-refractivity contribution in [2.45, 2.75) is 33.4 Å². The zero-order valence-corrected chi connectivity index (χ0v) is 16.0. The molecule has 6 heteroatoms. The van der Waals surface area contributed by atoms with E-state index in [4.69, 9.17) is 9.15 Å². The van der Waals surface area contributed by atoms with Gasteiger partial charge in [-0.1, -0.05) is 17.7 Å². The molecule has 0 spiro atoms. The Kier molecular flexibility index (Phi) is 6.31. The van der Waals surface area contributed by atoms with Crippen molar-refractivity contribution in [2.24, 2.45) is 0 Å². The zero-order chi connectivity index (χ0) is 18.6. The second-order valence-corrected chi connectivity index (χ2v) is 6.97. The largest absolute Gasteiger partial charge is 0.465 e. The number of hydrogen-bond donors (Lipinski definition) is 1. The number of hydrogen-bond acceptors (Lipinski definition) is 5. The van der Waals surface area contributed by atoms with E-state index in [9.17, 15) is 9.59 Å². The molecule has 0 aliphatic heterocycles. The summed E-state index contributed by atoms with van der Waals surface area (Å²) in [5.74, 6) is 1.52. The molecule has 1 amide bonds. The average molecular weight is 361 g/mol. The van der Waals surface area contributed by atoms with Gasteiger partial charge in [-0.2, -0.15) is 0 Å². The lowest BCUT2D eigenvalue weighted by molar-refractivity contribution is -0.113. The molecule has 1 aromatic carbocycles. The molecule has 0 aliphatic carbocycles. The number of anilines is 1. The monoisotopic (exact) mass is 361 g/mol. The van der Waals surface area contributed by atoms with Crippen molar-refractivity contribution in [2.75, 3.05) is 18.2 Å². The minimum Gasteiger partial charge on any atom is -0.465 e. The molecule has 2 rings (SSSR count). The van der Waals surface area contributed by atoms with Crippen molar-refractivity contribution >= 4 is 29.3 Å². The van der Waals surface area contributed by atoms with E-state index in [1.807, 2.05) is 20.8 Å². The van der Waals surface area contributed by atoms with Crippen molar-refractivity contribution in [3.8, 4) is 0 Å². The summed E-state index contributed by atoms with van der Waals surface area (Å²) in [5, 5.41) is 2.97. The molecule has 0 bridgehead atoms. The Bertz CT molecular complexity index is 772. The summed E-state index contributed by atoms with van der Waals surface area (Å²) in [6.45, 7) is 7.73. The SMILES string of the molecule is COC(=O)c1cc(CSCC(=O)Nc2c(C)cc(C)cc2C)oc1C. The quantitative estimate of drug-likeness (QED) is 0.782. The Morgan fingerprint density at radius 2 is 1.76 bits per heavy atom. The normalized spacial score (nSPS) is 10.6. The lowest BCUT2D eigenvalue weighted by atomic mass is 10.1. The molecular formula is C19H23NO4S. The summed E-state index contributed by atoms with van der Waals surface area (Å²) in [6.07, 6.45) is 0. The first-order valence-electron chi connectivity index (χ1n) is 7.95. The molecular weight excluding hydrogens is 338 g/mol. The van der Waals surface area contributed by atoms with E-state index < -0.39 is 5.97 Å². The first kappa shape index (κ1) is 19.1. The van der Waals surface area contributed by atoms with Crippen LogP contribution in [-0.4, -0.2) is 24.7 Å². The van der Waals surface area contributed by atoms with E-state index in [1.165, 1.54) is 24.4 Å². The maximum Gasteiger partial charge on any atom is 0.341 e. The van der Waals surface area contributed by atoms with Gasteiger partial charge in [-0.05, 0) is 44.9 Å². The third kappa shape index (κ3) is 4.89. The molecule has 25 heavy (non-hydrogen) atoms. The number of furan rings is 1. The number of nitrogens with one attached hydrogen (secondary N) is 1. The lowest BCUT2D eigenvalue weighted by Crippen LogP contribution is -2.16. The molecule has 0 fully saturated rings. The standard InChI is InChI=1S/C19H23NO4S/c1-11-6-12(2)18(13(3)7-11)20-17(21)10-25-9-15-8-16(14(4)24-15)19(22)23-5/h6-8H,9-10H2,1-5H3,(H,20,21). The fraction of sp³-hybridized carbons (Fsp3) is 0.368. The van der Waals surface area contributed by atoms with Crippen LogP contribution in [0, 0.1) is 27.7 Å². The van der Waals surface area contributed by atoms with Gasteiger partial charge in [0.25, 0.3) is 0 Å². The van der Waals surface area contributed by atoms with Crippen LogP contribution in [0.3, 0.4) is 0 Å². The molecule has 2 aromatic rings. The molecule has 1 N–H and O–H groups in total. The van der Waals surface area contributed by atoms with E-state index in [-0.39, 0.29) is 5.91 Å². The predicted octanol–water partition coefficient (Wildman–Crippen LogP) is 4.17. The van der Waals surface area contributed by atoms with Crippen LogP contribution in [0.5, 0.6) is 0 Å². The molecule has 134 valence electrons. The second-order valence-electron chi connectivity index (χ2n) is 5.99. The van der Waals surface area contributed by atoms with Gasteiger partial charge in [-0.15, -0.1) is 11.8 Å². The zero-order valence-electron chi connectivity index (χ0n) is 15.2. The van der Waals surface area contributed by atoms with E-state index in [2.05, 4.69) is 17.4 Å². The van der Waals surface area contributed by atoms with Crippen LogP contribution in [0.1, 0.15) is 38.6 Å². The lowest BCUT2D eigenvalue weighted by Gasteiger charge is -2.12. The molecule has 0 saturated carbocycles. The molecule has 1 heterocycles. The van der Waals surface area contributed by atoms with Crippen LogP contribution >= 0.6 is 11.8 Å². The Morgan fingerprint density at radius 1 is 1.12 bits per heavy atom. The van der Waals surface area contributed by atoms with Crippen LogP contribution in [0.25, 0.3) is 0 Å². The molecule has 0 radical (unpaired) electrons. The molecule has 0 atom stereocenters. The molecule has 5 nitrogen and oxygen atoms in total. The summed E-state index contributed by atoms with van der Waals surface area (Å²) < 4.78 is 10.2.